The van der Waals surface area contributed by atoms with Crippen LogP contribution < -0.4 is 5.73 Å². The fourth-order valence-electron chi connectivity index (χ4n) is 1.14. The fraction of sp³-hybridized carbons (Fsp3) is 0.250. The number of quaternary nitrogens is 1. The van der Waals surface area contributed by atoms with Gasteiger partial charge in [-0.05, 0) is 5.56 Å². The number of carbonyl (C=O) groups is 1. The average Bonchev–Trinajstić information content (AvgIpc) is 2.27. The summed E-state index contributed by atoms with van der Waals surface area (Å²) in [6, 6.07) is 9.22. The second-order valence-corrected chi connectivity index (χ2v) is 3.31. The summed E-state index contributed by atoms with van der Waals surface area (Å²) >= 11 is 0. The minimum Gasteiger partial charge on any atom is -0.456 e. The predicted octanol–water partition coefficient (Wildman–Crippen LogP) is 0.916. The van der Waals surface area contributed by atoms with Crippen LogP contribution in [0, 0.1) is 0 Å². The highest BCUT2D eigenvalue weighted by atomic mass is 16.5. The Balaban J connectivity index is 2.37. The fourth-order valence-corrected chi connectivity index (χ4v) is 1.14. The maximum Gasteiger partial charge on any atom is 0.365 e. The van der Waals surface area contributed by atoms with Crippen LogP contribution in [0.1, 0.15) is 12.0 Å². The van der Waals surface area contributed by atoms with Crippen molar-refractivity contribution >= 4 is 5.97 Å². The Morgan fingerprint density at radius 3 is 2.73 bits per heavy atom. The molecule has 0 amide bonds. The van der Waals surface area contributed by atoms with Gasteiger partial charge < -0.3 is 10.5 Å². The predicted molar refractivity (Wildman–Crippen MR) is 57.7 cm³/mol. The summed E-state index contributed by atoms with van der Waals surface area (Å²) in [4.78, 5) is 11.4. The van der Waals surface area contributed by atoms with Crippen LogP contribution in [0.25, 0.3) is 0 Å². The highest BCUT2D eigenvalue weighted by Gasteiger charge is 2.16. The van der Waals surface area contributed by atoms with Crippen molar-refractivity contribution in [2.75, 3.05) is 0 Å². The van der Waals surface area contributed by atoms with E-state index in [1.54, 1.807) is 6.08 Å². The van der Waals surface area contributed by atoms with Crippen LogP contribution in [0.4, 0.5) is 0 Å². The summed E-state index contributed by atoms with van der Waals surface area (Å²) in [5.41, 5.74) is 4.68. The summed E-state index contributed by atoms with van der Waals surface area (Å²) in [6.07, 6.45) is 2.22. The van der Waals surface area contributed by atoms with Gasteiger partial charge in [0.2, 0.25) is 0 Å². The second kappa shape index (κ2) is 5.98. The topological polar surface area (TPSA) is 53.9 Å². The van der Waals surface area contributed by atoms with Gasteiger partial charge in [0.25, 0.3) is 0 Å². The molecule has 1 rings (SSSR count). The molecule has 0 aliphatic rings. The first-order valence-electron chi connectivity index (χ1n) is 4.88. The Bertz CT molecular complexity index is 322. The third kappa shape index (κ3) is 3.95. The molecule has 0 aliphatic carbocycles. The lowest BCUT2D eigenvalue weighted by molar-refractivity contribution is -0.407. The van der Waals surface area contributed by atoms with E-state index in [0.29, 0.717) is 13.0 Å². The summed E-state index contributed by atoms with van der Waals surface area (Å²) in [6.45, 7) is 3.86. The molecule has 0 unspecified atom stereocenters. The minimum atomic E-state index is -0.355. The monoisotopic (exact) mass is 206 g/mol. The molecule has 0 aliphatic heterocycles. The van der Waals surface area contributed by atoms with Crippen molar-refractivity contribution in [3.05, 3.63) is 48.6 Å². The summed E-state index contributed by atoms with van der Waals surface area (Å²) in [7, 11) is 0. The van der Waals surface area contributed by atoms with Crippen LogP contribution in [-0.4, -0.2) is 12.0 Å². The van der Waals surface area contributed by atoms with E-state index in [1.165, 1.54) is 0 Å². The van der Waals surface area contributed by atoms with E-state index in [0.717, 1.165) is 5.56 Å². The normalized spacial score (nSPS) is 11.8. The lowest BCUT2D eigenvalue weighted by Crippen LogP contribution is -2.65. The average molecular weight is 206 g/mol. The van der Waals surface area contributed by atoms with E-state index >= 15 is 0 Å². The van der Waals surface area contributed by atoms with Crippen molar-refractivity contribution in [2.24, 2.45) is 0 Å². The molecule has 0 saturated carbocycles. The van der Waals surface area contributed by atoms with Gasteiger partial charge in [-0.3, -0.25) is 0 Å². The molecule has 0 bridgehead atoms. The number of rotatable bonds is 5. The smallest absolute Gasteiger partial charge is 0.365 e. The van der Waals surface area contributed by atoms with E-state index < -0.39 is 0 Å². The van der Waals surface area contributed by atoms with E-state index in [-0.39, 0.29) is 12.0 Å². The summed E-state index contributed by atoms with van der Waals surface area (Å²) in [5, 5.41) is 0. The zero-order valence-corrected chi connectivity index (χ0v) is 8.69. The van der Waals surface area contributed by atoms with Crippen LogP contribution in [-0.2, 0) is 16.1 Å². The molecule has 1 aromatic carbocycles. The van der Waals surface area contributed by atoms with E-state index in [4.69, 9.17) is 4.74 Å². The zero-order chi connectivity index (χ0) is 11.1. The van der Waals surface area contributed by atoms with Crippen LogP contribution in [0.15, 0.2) is 43.0 Å². The Hall–Kier alpha value is -1.61. The molecule has 0 heterocycles. The van der Waals surface area contributed by atoms with Crippen molar-refractivity contribution in [3.63, 3.8) is 0 Å². The van der Waals surface area contributed by atoms with Gasteiger partial charge in [-0.1, -0.05) is 36.4 Å². The Morgan fingerprint density at radius 2 is 2.13 bits per heavy atom. The first-order chi connectivity index (χ1) is 7.24. The number of esters is 1. The minimum absolute atomic E-state index is 0.279. The van der Waals surface area contributed by atoms with Crippen molar-refractivity contribution in [3.8, 4) is 0 Å². The van der Waals surface area contributed by atoms with Crippen LogP contribution in [0.2, 0.25) is 0 Å². The summed E-state index contributed by atoms with van der Waals surface area (Å²) in [5.74, 6) is -0.279. The van der Waals surface area contributed by atoms with Crippen molar-refractivity contribution in [2.45, 2.75) is 19.1 Å². The molecule has 0 saturated heterocycles. The highest BCUT2D eigenvalue weighted by Crippen LogP contribution is 2.01. The molecule has 3 N–H and O–H groups in total. The van der Waals surface area contributed by atoms with Crippen LogP contribution in [0.3, 0.4) is 0 Å². The molecule has 15 heavy (non-hydrogen) atoms. The maximum atomic E-state index is 11.4. The molecular formula is C12H16NO2+. The molecule has 0 aromatic heterocycles. The number of carbonyl (C=O) groups excluding carboxylic acids is 1. The number of ether oxygens (including phenoxy) is 1. The molecule has 1 atom stereocenters. The van der Waals surface area contributed by atoms with E-state index in [1.807, 2.05) is 30.3 Å². The first kappa shape index (κ1) is 11.5. The molecule has 0 radical (unpaired) electrons. The van der Waals surface area contributed by atoms with Crippen LogP contribution >= 0.6 is 0 Å². The lowest BCUT2D eigenvalue weighted by atomic mass is 10.2. The highest BCUT2D eigenvalue weighted by molar-refractivity contribution is 5.74. The first-order valence-corrected chi connectivity index (χ1v) is 4.88. The number of benzene rings is 1. The maximum absolute atomic E-state index is 11.4. The van der Waals surface area contributed by atoms with Gasteiger partial charge in [-0.2, -0.15) is 0 Å². The molecular weight excluding hydrogens is 190 g/mol. The standard InChI is InChI=1S/C12H15NO2/c1-2-6-11(13)12(14)15-9-10-7-4-3-5-8-10/h2-5,7-8,11H,1,6,9,13H2/p+1/t11-/m0/s1. The molecule has 0 fully saturated rings. The molecule has 80 valence electrons. The Kier molecular flexibility index (Phi) is 4.57. The third-order valence-electron chi connectivity index (χ3n) is 2.01. The number of hydrogen-bond acceptors (Lipinski definition) is 2. The largest absolute Gasteiger partial charge is 0.456 e. The molecule has 0 spiro atoms. The van der Waals surface area contributed by atoms with Crippen molar-refractivity contribution in [1.82, 2.24) is 0 Å². The van der Waals surface area contributed by atoms with Crippen molar-refractivity contribution < 1.29 is 15.3 Å². The number of hydrogen-bond donors (Lipinski definition) is 1. The van der Waals surface area contributed by atoms with Gasteiger partial charge in [0.15, 0.2) is 6.04 Å². The lowest BCUT2D eigenvalue weighted by Gasteiger charge is -2.06. The quantitative estimate of drug-likeness (QED) is 0.575. The molecule has 3 nitrogen and oxygen atoms in total. The van der Waals surface area contributed by atoms with Gasteiger partial charge in [0, 0.05) is 6.42 Å². The van der Waals surface area contributed by atoms with E-state index in [9.17, 15) is 4.79 Å². The zero-order valence-electron chi connectivity index (χ0n) is 8.69. The van der Waals surface area contributed by atoms with Gasteiger partial charge in [0.1, 0.15) is 6.61 Å². The van der Waals surface area contributed by atoms with Gasteiger partial charge in [-0.15, -0.1) is 6.58 Å². The molecule has 3 heteroatoms. The van der Waals surface area contributed by atoms with Crippen molar-refractivity contribution in [1.29, 1.82) is 0 Å². The van der Waals surface area contributed by atoms with Gasteiger partial charge in [-0.25, -0.2) is 4.79 Å². The van der Waals surface area contributed by atoms with Gasteiger partial charge >= 0.3 is 5.97 Å². The second-order valence-electron chi connectivity index (χ2n) is 3.31. The Labute approximate surface area is 89.5 Å². The molecule has 1 aromatic rings. The van der Waals surface area contributed by atoms with E-state index in [2.05, 4.69) is 12.3 Å². The third-order valence-corrected chi connectivity index (χ3v) is 2.01. The van der Waals surface area contributed by atoms with Gasteiger partial charge in [0.05, 0.1) is 0 Å². The SMILES string of the molecule is C=CC[C@H]([NH3+])C(=O)OCc1ccccc1. The van der Waals surface area contributed by atoms with Crippen LogP contribution in [0.5, 0.6) is 0 Å². The Morgan fingerprint density at radius 1 is 1.47 bits per heavy atom. The summed E-state index contributed by atoms with van der Waals surface area (Å²) < 4.78 is 5.09.